The van der Waals surface area contributed by atoms with Gasteiger partial charge < -0.3 is 15.4 Å². The molecule has 38 heavy (non-hydrogen) atoms. The highest BCUT2D eigenvalue weighted by Gasteiger charge is 2.27. The van der Waals surface area contributed by atoms with Crippen LogP contribution >= 0.6 is 27.3 Å². The number of sulfonamides is 1. The number of rotatable bonds is 11. The van der Waals surface area contributed by atoms with Crippen molar-refractivity contribution in [3.63, 3.8) is 0 Å². The first-order chi connectivity index (χ1) is 18.3. The summed E-state index contributed by atoms with van der Waals surface area (Å²) >= 11 is 4.81. The van der Waals surface area contributed by atoms with E-state index in [4.69, 9.17) is 4.74 Å². The largest absolute Gasteiger partial charge is 0.495 e. The van der Waals surface area contributed by atoms with Crippen LogP contribution in [0.25, 0.3) is 11.3 Å². The second kappa shape index (κ2) is 12.5. The summed E-state index contributed by atoms with van der Waals surface area (Å²) in [6, 6.07) is 21.3. The van der Waals surface area contributed by atoms with Crippen molar-refractivity contribution in [2.75, 3.05) is 37.9 Å². The zero-order chi connectivity index (χ0) is 27.1. The number of carbonyl (C=O) groups is 1. The van der Waals surface area contributed by atoms with E-state index in [1.54, 1.807) is 31.3 Å². The predicted molar refractivity (Wildman–Crippen MR) is 155 cm³/mol. The van der Waals surface area contributed by atoms with Crippen molar-refractivity contribution in [1.29, 1.82) is 0 Å². The van der Waals surface area contributed by atoms with E-state index >= 15 is 0 Å². The van der Waals surface area contributed by atoms with Gasteiger partial charge in [-0.25, -0.2) is 13.4 Å². The summed E-state index contributed by atoms with van der Waals surface area (Å²) in [5, 5.41) is 8.53. The molecule has 0 saturated heterocycles. The van der Waals surface area contributed by atoms with Crippen LogP contribution in [0.1, 0.15) is 5.56 Å². The molecule has 3 aromatic carbocycles. The van der Waals surface area contributed by atoms with Gasteiger partial charge in [0.25, 0.3) is 0 Å². The number of halogens is 1. The van der Waals surface area contributed by atoms with Crippen LogP contribution in [0, 0.1) is 0 Å². The molecule has 0 bridgehead atoms. The maximum Gasteiger partial charge on any atom is 0.243 e. The molecule has 198 valence electrons. The van der Waals surface area contributed by atoms with Gasteiger partial charge in [0.05, 0.1) is 29.9 Å². The normalized spacial score (nSPS) is 11.4. The Morgan fingerprint density at radius 3 is 2.47 bits per heavy atom. The van der Waals surface area contributed by atoms with Gasteiger partial charge in [-0.2, -0.15) is 4.31 Å². The van der Waals surface area contributed by atoms with Crippen LogP contribution < -0.4 is 15.4 Å². The molecule has 0 spiro atoms. The summed E-state index contributed by atoms with van der Waals surface area (Å²) in [7, 11) is -0.627. The van der Waals surface area contributed by atoms with Gasteiger partial charge in [0.15, 0.2) is 5.13 Å². The molecule has 0 unspecified atom stereocenters. The number of hydrogen-bond donors (Lipinski definition) is 2. The highest BCUT2D eigenvalue weighted by Crippen LogP contribution is 2.32. The average molecular weight is 616 g/mol. The molecule has 1 aromatic heterocycles. The highest BCUT2D eigenvalue weighted by molar-refractivity contribution is 9.10. The van der Waals surface area contributed by atoms with Gasteiger partial charge in [0, 0.05) is 29.0 Å². The molecule has 0 radical (unpaired) electrons. The Morgan fingerprint density at radius 1 is 1.08 bits per heavy atom. The number of nitrogens with one attached hydrogen (secondary N) is 2. The van der Waals surface area contributed by atoms with Crippen molar-refractivity contribution in [1.82, 2.24) is 9.29 Å². The van der Waals surface area contributed by atoms with E-state index in [-0.39, 0.29) is 18.0 Å². The standard InChI is InChI=1S/C27H27BrN4O4S2/c1-29-27-31-24(18-37-27)20-8-13-25(36-2)23(16-20)30-26(33)17-32(15-14-19-6-4-3-5-7-19)38(34,35)22-11-9-21(28)10-12-22/h3-13,16,18H,14-15,17H2,1-2H3,(H,29,31)(H,30,33). The van der Waals surface area contributed by atoms with E-state index in [1.165, 1.54) is 34.9 Å². The van der Waals surface area contributed by atoms with Gasteiger partial charge in [-0.05, 0) is 54.4 Å². The van der Waals surface area contributed by atoms with Gasteiger partial charge in [-0.1, -0.05) is 46.3 Å². The monoisotopic (exact) mass is 614 g/mol. The van der Waals surface area contributed by atoms with Crippen LogP contribution in [0.5, 0.6) is 5.75 Å². The number of carbonyl (C=O) groups excluding carboxylic acids is 1. The number of anilines is 2. The molecular weight excluding hydrogens is 588 g/mol. The molecule has 0 aliphatic heterocycles. The van der Waals surface area contributed by atoms with Crippen molar-refractivity contribution in [3.8, 4) is 17.0 Å². The van der Waals surface area contributed by atoms with Crippen molar-refractivity contribution >= 4 is 54.0 Å². The van der Waals surface area contributed by atoms with Crippen molar-refractivity contribution < 1.29 is 17.9 Å². The van der Waals surface area contributed by atoms with E-state index in [1.807, 2.05) is 41.8 Å². The lowest BCUT2D eigenvalue weighted by molar-refractivity contribution is -0.116. The lowest BCUT2D eigenvalue weighted by Gasteiger charge is -2.22. The topological polar surface area (TPSA) is 101 Å². The Kier molecular flexibility index (Phi) is 9.16. The number of thiazole rings is 1. The molecule has 8 nitrogen and oxygen atoms in total. The fourth-order valence-corrected chi connectivity index (χ4v) is 6.12. The first-order valence-corrected chi connectivity index (χ1v) is 14.8. The van der Waals surface area contributed by atoms with Crippen LogP contribution in [0.15, 0.2) is 87.5 Å². The van der Waals surface area contributed by atoms with Crippen LogP contribution in [-0.4, -0.2) is 50.9 Å². The van der Waals surface area contributed by atoms with Crippen molar-refractivity contribution in [2.45, 2.75) is 11.3 Å². The van der Waals surface area contributed by atoms with E-state index in [2.05, 4.69) is 31.5 Å². The highest BCUT2D eigenvalue weighted by atomic mass is 79.9. The lowest BCUT2D eigenvalue weighted by Crippen LogP contribution is -2.39. The Bertz CT molecular complexity index is 1490. The molecule has 1 amide bonds. The van der Waals surface area contributed by atoms with E-state index in [0.29, 0.717) is 17.9 Å². The van der Waals surface area contributed by atoms with Crippen LogP contribution in [0.3, 0.4) is 0 Å². The third kappa shape index (κ3) is 6.79. The number of nitrogens with zero attached hydrogens (tertiary/aromatic N) is 2. The first kappa shape index (κ1) is 27.8. The van der Waals surface area contributed by atoms with Crippen molar-refractivity contribution in [2.24, 2.45) is 0 Å². The summed E-state index contributed by atoms with van der Waals surface area (Å²) in [6.45, 7) is -0.224. The van der Waals surface area contributed by atoms with E-state index < -0.39 is 15.9 Å². The maximum atomic E-state index is 13.5. The van der Waals surface area contributed by atoms with Gasteiger partial charge >= 0.3 is 0 Å². The molecule has 0 saturated carbocycles. The van der Waals surface area contributed by atoms with Gasteiger partial charge in [0.1, 0.15) is 5.75 Å². The first-order valence-electron chi connectivity index (χ1n) is 11.7. The van der Waals surface area contributed by atoms with E-state index in [0.717, 1.165) is 26.4 Å². The third-order valence-corrected chi connectivity index (χ3v) is 9.00. The zero-order valence-electron chi connectivity index (χ0n) is 20.8. The van der Waals surface area contributed by atoms with Gasteiger partial charge in [-0.15, -0.1) is 11.3 Å². The molecule has 4 rings (SSSR count). The molecule has 0 atom stereocenters. The summed E-state index contributed by atoms with van der Waals surface area (Å²) in [4.78, 5) is 17.9. The predicted octanol–water partition coefficient (Wildman–Crippen LogP) is 5.50. The Morgan fingerprint density at radius 2 is 1.82 bits per heavy atom. The molecular formula is C27H27BrN4O4S2. The van der Waals surface area contributed by atoms with Crippen LogP contribution in [-0.2, 0) is 21.2 Å². The molecule has 4 aromatic rings. The Hall–Kier alpha value is -3.25. The maximum absolute atomic E-state index is 13.5. The molecule has 11 heteroatoms. The lowest BCUT2D eigenvalue weighted by atomic mass is 10.1. The molecule has 2 N–H and O–H groups in total. The second-order valence-corrected chi connectivity index (χ2v) is 12.0. The van der Waals surface area contributed by atoms with Crippen LogP contribution in [0.4, 0.5) is 10.8 Å². The second-order valence-electron chi connectivity index (χ2n) is 8.28. The summed E-state index contributed by atoms with van der Waals surface area (Å²) < 4.78 is 34.5. The minimum Gasteiger partial charge on any atom is -0.495 e. The number of ether oxygens (including phenoxy) is 1. The Balaban J connectivity index is 1.58. The molecule has 0 fully saturated rings. The number of amides is 1. The minimum atomic E-state index is -3.94. The summed E-state index contributed by atoms with van der Waals surface area (Å²) in [6.07, 6.45) is 0.459. The molecule has 1 heterocycles. The quantitative estimate of drug-likeness (QED) is 0.231. The fourth-order valence-electron chi connectivity index (χ4n) is 3.77. The van der Waals surface area contributed by atoms with Gasteiger partial charge in [0.2, 0.25) is 15.9 Å². The Labute approximate surface area is 234 Å². The fraction of sp³-hybridized carbons (Fsp3) is 0.185. The number of hydrogen-bond acceptors (Lipinski definition) is 7. The molecule has 0 aliphatic carbocycles. The number of benzene rings is 3. The molecule has 0 aliphatic rings. The average Bonchev–Trinajstić information content (AvgIpc) is 3.41. The van der Waals surface area contributed by atoms with Crippen molar-refractivity contribution in [3.05, 3.63) is 88.2 Å². The van der Waals surface area contributed by atoms with E-state index in [9.17, 15) is 13.2 Å². The summed E-state index contributed by atoms with van der Waals surface area (Å²) in [5.41, 5.74) is 2.95. The summed E-state index contributed by atoms with van der Waals surface area (Å²) in [5.74, 6) is -0.0267. The SMILES string of the molecule is CNc1nc(-c2ccc(OC)c(NC(=O)CN(CCc3ccccc3)S(=O)(=O)c3ccc(Br)cc3)c2)cs1. The number of aromatic nitrogens is 1. The minimum absolute atomic E-state index is 0.116. The smallest absolute Gasteiger partial charge is 0.243 e. The number of methoxy groups -OCH3 is 1. The van der Waals surface area contributed by atoms with Crippen LogP contribution in [0.2, 0.25) is 0 Å². The van der Waals surface area contributed by atoms with Gasteiger partial charge in [-0.3, -0.25) is 4.79 Å². The zero-order valence-corrected chi connectivity index (χ0v) is 24.1. The third-order valence-electron chi connectivity index (χ3n) is 5.75.